The summed E-state index contributed by atoms with van der Waals surface area (Å²) in [6.45, 7) is 0.306. The van der Waals surface area contributed by atoms with Crippen molar-refractivity contribution in [2.75, 3.05) is 20.1 Å². The molecule has 2 amide bonds. The van der Waals surface area contributed by atoms with Crippen molar-refractivity contribution in [3.8, 4) is 0 Å². The van der Waals surface area contributed by atoms with E-state index in [0.29, 0.717) is 6.54 Å². The fourth-order valence-electron chi connectivity index (χ4n) is 0.558. The first kappa shape index (κ1) is 9.90. The second-order valence-electron chi connectivity index (χ2n) is 2.24. The highest BCUT2D eigenvalue weighted by Crippen LogP contribution is 1.85. The van der Waals surface area contributed by atoms with Gasteiger partial charge in [0, 0.05) is 20.0 Å². The maximum absolute atomic E-state index is 10.8. The predicted molar refractivity (Wildman–Crippen MR) is 40.5 cm³/mol. The first-order chi connectivity index (χ1) is 5.07. The van der Waals surface area contributed by atoms with Gasteiger partial charge < -0.3 is 16.4 Å². The highest BCUT2D eigenvalue weighted by atomic mass is 16.2. The molecule has 0 bridgehead atoms. The topological polar surface area (TPSA) is 89.4 Å². The van der Waals surface area contributed by atoms with Gasteiger partial charge in [-0.2, -0.15) is 0 Å². The van der Waals surface area contributed by atoms with E-state index in [4.69, 9.17) is 11.5 Å². The van der Waals surface area contributed by atoms with Gasteiger partial charge in [0.15, 0.2) is 0 Å². The summed E-state index contributed by atoms with van der Waals surface area (Å²) >= 11 is 0. The molecule has 0 saturated heterocycles. The number of likely N-dealkylation sites (N-methyl/N-ethyl adjacent to an activating group) is 1. The SMILES string of the molecule is CN(CCC(N)=O)C(=O)CN. The van der Waals surface area contributed by atoms with Crippen molar-refractivity contribution in [1.29, 1.82) is 0 Å². The molecule has 0 saturated carbocycles. The van der Waals surface area contributed by atoms with Gasteiger partial charge in [0.1, 0.15) is 0 Å². The highest BCUT2D eigenvalue weighted by Gasteiger charge is 2.05. The van der Waals surface area contributed by atoms with Gasteiger partial charge in [0.05, 0.1) is 6.54 Å². The van der Waals surface area contributed by atoms with Crippen molar-refractivity contribution in [2.45, 2.75) is 6.42 Å². The normalized spacial score (nSPS) is 9.27. The van der Waals surface area contributed by atoms with E-state index in [0.717, 1.165) is 0 Å². The van der Waals surface area contributed by atoms with Crippen LogP contribution in [-0.2, 0) is 9.59 Å². The summed E-state index contributed by atoms with van der Waals surface area (Å²) in [6.07, 6.45) is 0.183. The van der Waals surface area contributed by atoms with E-state index in [9.17, 15) is 9.59 Å². The molecule has 64 valence electrons. The number of primary amides is 1. The van der Waals surface area contributed by atoms with Gasteiger partial charge in [0.2, 0.25) is 11.8 Å². The Balaban J connectivity index is 3.60. The van der Waals surface area contributed by atoms with Crippen LogP contribution in [0, 0.1) is 0 Å². The van der Waals surface area contributed by atoms with Crippen LogP contribution >= 0.6 is 0 Å². The molecular weight excluding hydrogens is 146 g/mol. The van der Waals surface area contributed by atoms with Crippen molar-refractivity contribution in [1.82, 2.24) is 4.90 Å². The van der Waals surface area contributed by atoms with E-state index >= 15 is 0 Å². The summed E-state index contributed by atoms with van der Waals surface area (Å²) in [5.74, 6) is -0.604. The lowest BCUT2D eigenvalue weighted by molar-refractivity contribution is -0.128. The van der Waals surface area contributed by atoms with Crippen LogP contribution < -0.4 is 11.5 Å². The molecule has 0 aliphatic rings. The summed E-state index contributed by atoms with van der Waals surface area (Å²) in [5.41, 5.74) is 9.95. The van der Waals surface area contributed by atoms with Crippen LogP contribution in [0.3, 0.4) is 0 Å². The van der Waals surface area contributed by atoms with Gasteiger partial charge in [-0.3, -0.25) is 9.59 Å². The first-order valence-electron chi connectivity index (χ1n) is 3.30. The molecule has 5 nitrogen and oxygen atoms in total. The minimum absolute atomic E-state index is 0.0325. The minimum atomic E-state index is -0.415. The molecule has 0 aromatic carbocycles. The van der Waals surface area contributed by atoms with E-state index in [-0.39, 0.29) is 18.9 Å². The van der Waals surface area contributed by atoms with Gasteiger partial charge in [0.25, 0.3) is 0 Å². The van der Waals surface area contributed by atoms with E-state index in [1.807, 2.05) is 0 Å². The monoisotopic (exact) mass is 159 g/mol. The summed E-state index contributed by atoms with van der Waals surface area (Å²) in [4.78, 5) is 22.4. The van der Waals surface area contributed by atoms with Crippen LogP contribution in [0.2, 0.25) is 0 Å². The summed E-state index contributed by atoms with van der Waals surface area (Å²) in [7, 11) is 1.58. The molecular formula is C6H13N3O2. The van der Waals surface area contributed by atoms with Crippen molar-refractivity contribution in [3.05, 3.63) is 0 Å². The van der Waals surface area contributed by atoms with Gasteiger partial charge in [-0.15, -0.1) is 0 Å². The van der Waals surface area contributed by atoms with E-state index < -0.39 is 5.91 Å². The Bertz CT molecular complexity index is 158. The minimum Gasteiger partial charge on any atom is -0.370 e. The number of carbonyl (C=O) groups excluding carboxylic acids is 2. The van der Waals surface area contributed by atoms with Crippen LogP contribution in [0.5, 0.6) is 0 Å². The van der Waals surface area contributed by atoms with E-state index in [1.54, 1.807) is 7.05 Å². The molecule has 0 heterocycles. The zero-order valence-electron chi connectivity index (χ0n) is 6.54. The van der Waals surface area contributed by atoms with Gasteiger partial charge in [-0.1, -0.05) is 0 Å². The third-order valence-electron chi connectivity index (χ3n) is 1.29. The van der Waals surface area contributed by atoms with Crippen molar-refractivity contribution >= 4 is 11.8 Å². The molecule has 0 rings (SSSR count). The quantitative estimate of drug-likeness (QED) is 0.511. The number of hydrogen-bond donors (Lipinski definition) is 2. The number of rotatable bonds is 4. The molecule has 0 atom stereocenters. The van der Waals surface area contributed by atoms with Crippen LogP contribution in [0.1, 0.15) is 6.42 Å². The van der Waals surface area contributed by atoms with Crippen LogP contribution in [0.25, 0.3) is 0 Å². The molecule has 0 spiro atoms. The predicted octanol–water partition coefficient (Wildman–Crippen LogP) is -1.72. The number of hydrogen-bond acceptors (Lipinski definition) is 3. The fourth-order valence-corrected chi connectivity index (χ4v) is 0.558. The average Bonchev–Trinajstić information content (AvgIpc) is 1.98. The number of amides is 2. The average molecular weight is 159 g/mol. The van der Waals surface area contributed by atoms with Crippen LogP contribution in [0.4, 0.5) is 0 Å². The molecule has 4 N–H and O–H groups in total. The number of nitrogens with two attached hydrogens (primary N) is 2. The van der Waals surface area contributed by atoms with Crippen LogP contribution in [-0.4, -0.2) is 36.9 Å². The molecule has 0 aliphatic carbocycles. The van der Waals surface area contributed by atoms with Gasteiger partial charge in [-0.05, 0) is 0 Å². The Kier molecular flexibility index (Phi) is 4.21. The Morgan fingerprint density at radius 3 is 2.36 bits per heavy atom. The summed E-state index contributed by atoms with van der Waals surface area (Å²) < 4.78 is 0. The number of nitrogens with zero attached hydrogens (tertiary/aromatic N) is 1. The maximum Gasteiger partial charge on any atom is 0.236 e. The number of carbonyl (C=O) groups is 2. The van der Waals surface area contributed by atoms with Gasteiger partial charge >= 0.3 is 0 Å². The lowest BCUT2D eigenvalue weighted by atomic mass is 10.4. The molecule has 0 aliphatic heterocycles. The zero-order chi connectivity index (χ0) is 8.85. The van der Waals surface area contributed by atoms with Gasteiger partial charge in [-0.25, -0.2) is 0 Å². The highest BCUT2D eigenvalue weighted by molar-refractivity contribution is 5.79. The van der Waals surface area contributed by atoms with Crippen molar-refractivity contribution < 1.29 is 9.59 Å². The largest absolute Gasteiger partial charge is 0.370 e. The summed E-state index contributed by atoms with van der Waals surface area (Å²) in [6, 6.07) is 0. The Hall–Kier alpha value is -1.10. The molecule has 0 unspecified atom stereocenters. The van der Waals surface area contributed by atoms with E-state index in [2.05, 4.69) is 0 Å². The smallest absolute Gasteiger partial charge is 0.236 e. The lowest BCUT2D eigenvalue weighted by Gasteiger charge is -2.14. The molecule has 0 aromatic heterocycles. The second-order valence-corrected chi connectivity index (χ2v) is 2.24. The molecule has 11 heavy (non-hydrogen) atoms. The first-order valence-corrected chi connectivity index (χ1v) is 3.30. The zero-order valence-corrected chi connectivity index (χ0v) is 6.54. The van der Waals surface area contributed by atoms with Crippen molar-refractivity contribution in [3.63, 3.8) is 0 Å². The molecule has 0 aromatic rings. The molecule has 0 radical (unpaired) electrons. The standard InChI is InChI=1S/C6H13N3O2/c1-9(6(11)4-7)3-2-5(8)10/h2-4,7H2,1H3,(H2,8,10). The maximum atomic E-state index is 10.8. The second kappa shape index (κ2) is 4.68. The lowest BCUT2D eigenvalue weighted by Crippen LogP contribution is -2.34. The van der Waals surface area contributed by atoms with E-state index in [1.165, 1.54) is 4.90 Å². The third kappa shape index (κ3) is 4.32. The molecule has 5 heteroatoms. The van der Waals surface area contributed by atoms with Crippen LogP contribution in [0.15, 0.2) is 0 Å². The fraction of sp³-hybridized carbons (Fsp3) is 0.667. The molecule has 0 fully saturated rings. The Morgan fingerprint density at radius 2 is 2.00 bits per heavy atom. The Labute approximate surface area is 65.3 Å². The van der Waals surface area contributed by atoms with Crippen molar-refractivity contribution in [2.24, 2.45) is 11.5 Å². The Morgan fingerprint density at radius 1 is 1.45 bits per heavy atom. The summed E-state index contributed by atoms with van der Waals surface area (Å²) in [5, 5.41) is 0. The third-order valence-corrected chi connectivity index (χ3v) is 1.29.